The molecule has 10 nitrogen and oxygen atoms in total. The van der Waals surface area contributed by atoms with Crippen molar-refractivity contribution >= 4 is 35.2 Å². The van der Waals surface area contributed by atoms with Crippen molar-refractivity contribution in [1.29, 1.82) is 0 Å². The van der Waals surface area contributed by atoms with Crippen LogP contribution in [-0.4, -0.2) is 77.9 Å². The summed E-state index contributed by atoms with van der Waals surface area (Å²) in [6, 6.07) is 5.83. The maximum atomic E-state index is 12.5. The third-order valence-corrected chi connectivity index (χ3v) is 6.89. The average molecular weight is 489 g/mol. The molecule has 4 rings (SSSR count). The van der Waals surface area contributed by atoms with E-state index in [-0.39, 0.29) is 30.2 Å². The number of amides is 2. The van der Waals surface area contributed by atoms with Crippen molar-refractivity contribution < 1.29 is 19.1 Å². The van der Waals surface area contributed by atoms with Gasteiger partial charge in [-0.05, 0) is 37.8 Å². The number of para-hydroxylation sites is 1. The molecule has 184 valence electrons. The fourth-order valence-electron chi connectivity index (χ4n) is 4.09. The lowest BCUT2D eigenvalue weighted by Gasteiger charge is -2.28. The summed E-state index contributed by atoms with van der Waals surface area (Å²) in [4.78, 5) is 26.9. The van der Waals surface area contributed by atoms with Crippen LogP contribution >= 0.6 is 11.8 Å². The summed E-state index contributed by atoms with van der Waals surface area (Å²) in [6.07, 6.45) is 2.17. The zero-order valence-electron chi connectivity index (χ0n) is 19.7. The molecule has 1 unspecified atom stereocenters. The maximum Gasteiger partial charge on any atom is 0.243 e. The van der Waals surface area contributed by atoms with Crippen molar-refractivity contribution in [2.24, 2.45) is 0 Å². The Morgan fingerprint density at radius 1 is 1.12 bits per heavy atom. The molecule has 2 fully saturated rings. The molecule has 2 saturated heterocycles. The van der Waals surface area contributed by atoms with Crippen LogP contribution in [0.4, 0.5) is 11.6 Å². The maximum absolute atomic E-state index is 12.5. The normalized spacial score (nSPS) is 18.2. The first-order valence-electron chi connectivity index (χ1n) is 11.6. The number of carbonyl (C=O) groups is 2. The fourth-order valence-corrected chi connectivity index (χ4v) is 4.86. The minimum Gasteiger partial charge on any atom is -0.378 e. The molecule has 1 aromatic carbocycles. The summed E-state index contributed by atoms with van der Waals surface area (Å²) < 4.78 is 13.3. The van der Waals surface area contributed by atoms with E-state index >= 15 is 0 Å². The van der Waals surface area contributed by atoms with Gasteiger partial charge < -0.3 is 25.0 Å². The standard InChI is InChI=1S/C23H32N6O4S/c1-16-5-3-6-17(2)21(16)25-19(30)13-24-20(31)15-34-23-27-26-22(28-8-11-32-12-9-28)29(23)14-18-7-4-10-33-18/h3,5-6,18H,4,7-15H2,1-2H3,(H,24,31)(H,25,30). The first kappa shape index (κ1) is 24.5. The van der Waals surface area contributed by atoms with Gasteiger partial charge in [-0.25, -0.2) is 0 Å². The van der Waals surface area contributed by atoms with Crippen molar-refractivity contribution in [3.8, 4) is 0 Å². The second-order valence-corrected chi connectivity index (χ2v) is 9.45. The van der Waals surface area contributed by atoms with E-state index in [4.69, 9.17) is 9.47 Å². The number of nitrogens with zero attached hydrogens (tertiary/aromatic N) is 4. The van der Waals surface area contributed by atoms with Crippen molar-refractivity contribution in [2.75, 3.05) is 55.4 Å². The second-order valence-electron chi connectivity index (χ2n) is 8.51. The number of carbonyl (C=O) groups excluding carboxylic acids is 2. The van der Waals surface area contributed by atoms with Gasteiger partial charge in [0.25, 0.3) is 0 Å². The minimum atomic E-state index is -0.257. The summed E-state index contributed by atoms with van der Waals surface area (Å²) in [6.45, 7) is 8.04. The lowest BCUT2D eigenvalue weighted by Crippen LogP contribution is -2.38. The van der Waals surface area contributed by atoms with Gasteiger partial charge in [-0.1, -0.05) is 30.0 Å². The highest BCUT2D eigenvalue weighted by Crippen LogP contribution is 2.25. The molecule has 0 radical (unpaired) electrons. The quantitative estimate of drug-likeness (QED) is 0.514. The highest BCUT2D eigenvalue weighted by Gasteiger charge is 2.25. The van der Waals surface area contributed by atoms with Gasteiger partial charge in [0, 0.05) is 25.4 Å². The molecule has 2 aliphatic rings. The van der Waals surface area contributed by atoms with Crippen LogP contribution in [0.5, 0.6) is 0 Å². The van der Waals surface area contributed by atoms with Gasteiger partial charge in [0.15, 0.2) is 5.16 Å². The van der Waals surface area contributed by atoms with E-state index in [2.05, 4.69) is 25.7 Å². The molecular weight excluding hydrogens is 456 g/mol. The molecule has 3 heterocycles. The molecule has 0 spiro atoms. The minimum absolute atomic E-state index is 0.0885. The van der Waals surface area contributed by atoms with Crippen LogP contribution in [0.2, 0.25) is 0 Å². The highest BCUT2D eigenvalue weighted by atomic mass is 32.2. The average Bonchev–Trinajstić information content (AvgIpc) is 3.50. The van der Waals surface area contributed by atoms with Crippen molar-refractivity contribution in [3.63, 3.8) is 0 Å². The summed E-state index contributed by atoms with van der Waals surface area (Å²) >= 11 is 1.32. The van der Waals surface area contributed by atoms with Crippen LogP contribution in [-0.2, 0) is 25.6 Å². The number of aryl methyl sites for hydroxylation is 2. The molecule has 1 atom stereocenters. The molecule has 2 amide bonds. The summed E-state index contributed by atoms with van der Waals surface area (Å²) in [5.74, 6) is 0.437. The molecule has 1 aromatic heterocycles. The van der Waals surface area contributed by atoms with Gasteiger partial charge in [-0.15, -0.1) is 10.2 Å². The number of thioether (sulfide) groups is 1. The van der Waals surface area contributed by atoms with E-state index in [1.54, 1.807) is 0 Å². The lowest BCUT2D eigenvalue weighted by molar-refractivity contribution is -0.122. The van der Waals surface area contributed by atoms with Gasteiger partial charge in [0.05, 0.1) is 38.2 Å². The highest BCUT2D eigenvalue weighted by molar-refractivity contribution is 7.99. The van der Waals surface area contributed by atoms with Gasteiger partial charge in [0.1, 0.15) is 0 Å². The predicted octanol–water partition coefficient (Wildman–Crippen LogP) is 1.76. The summed E-state index contributed by atoms with van der Waals surface area (Å²) in [5.41, 5.74) is 2.75. The zero-order chi connectivity index (χ0) is 23.9. The molecule has 2 aliphatic heterocycles. The Morgan fingerprint density at radius 2 is 1.88 bits per heavy atom. The molecule has 2 N–H and O–H groups in total. The number of hydrogen-bond donors (Lipinski definition) is 2. The monoisotopic (exact) mass is 488 g/mol. The Kier molecular flexibility index (Phi) is 8.41. The Labute approximate surface area is 203 Å². The number of rotatable bonds is 9. The number of benzene rings is 1. The number of nitrogens with one attached hydrogen (secondary N) is 2. The van der Waals surface area contributed by atoms with E-state index in [0.29, 0.717) is 24.9 Å². The SMILES string of the molecule is Cc1cccc(C)c1NC(=O)CNC(=O)CSc1nnc(N2CCOCC2)n1CC1CCCO1. The number of aromatic nitrogens is 3. The lowest BCUT2D eigenvalue weighted by atomic mass is 10.1. The smallest absolute Gasteiger partial charge is 0.243 e. The van der Waals surface area contributed by atoms with Gasteiger partial charge in [-0.2, -0.15) is 0 Å². The molecule has 0 aliphatic carbocycles. The van der Waals surface area contributed by atoms with Gasteiger partial charge in [-0.3, -0.25) is 14.2 Å². The first-order valence-corrected chi connectivity index (χ1v) is 12.6. The van der Waals surface area contributed by atoms with Crippen LogP contribution < -0.4 is 15.5 Å². The van der Waals surface area contributed by atoms with E-state index in [1.807, 2.05) is 36.6 Å². The van der Waals surface area contributed by atoms with E-state index < -0.39 is 0 Å². The van der Waals surface area contributed by atoms with Crippen molar-refractivity contribution in [3.05, 3.63) is 29.3 Å². The Hall–Kier alpha value is -2.63. The van der Waals surface area contributed by atoms with E-state index in [9.17, 15) is 9.59 Å². The van der Waals surface area contributed by atoms with Crippen LogP contribution in [0.1, 0.15) is 24.0 Å². The Bertz CT molecular complexity index is 981. The van der Waals surface area contributed by atoms with E-state index in [1.165, 1.54) is 11.8 Å². The van der Waals surface area contributed by atoms with E-state index in [0.717, 1.165) is 55.3 Å². The van der Waals surface area contributed by atoms with Gasteiger partial charge in [0.2, 0.25) is 17.8 Å². The Morgan fingerprint density at radius 3 is 2.59 bits per heavy atom. The predicted molar refractivity (Wildman–Crippen MR) is 130 cm³/mol. The summed E-state index contributed by atoms with van der Waals surface area (Å²) in [5, 5.41) is 15.0. The van der Waals surface area contributed by atoms with Crippen LogP contribution in [0.15, 0.2) is 23.4 Å². The number of anilines is 2. The Balaban J connectivity index is 1.32. The number of morpholine rings is 1. The van der Waals surface area contributed by atoms with Gasteiger partial charge >= 0.3 is 0 Å². The third-order valence-electron chi connectivity index (χ3n) is 5.93. The molecular formula is C23H32N6O4S. The van der Waals surface area contributed by atoms with Crippen molar-refractivity contribution in [1.82, 2.24) is 20.1 Å². The topological polar surface area (TPSA) is 111 Å². The zero-order valence-corrected chi connectivity index (χ0v) is 20.5. The van der Waals surface area contributed by atoms with Crippen LogP contribution in [0.25, 0.3) is 0 Å². The number of hydrogen-bond acceptors (Lipinski definition) is 8. The fraction of sp³-hybridized carbons (Fsp3) is 0.565. The first-order chi connectivity index (χ1) is 16.5. The molecule has 0 bridgehead atoms. The van der Waals surface area contributed by atoms with Crippen LogP contribution in [0, 0.1) is 13.8 Å². The van der Waals surface area contributed by atoms with Crippen LogP contribution in [0.3, 0.4) is 0 Å². The molecule has 2 aromatic rings. The number of ether oxygens (including phenoxy) is 2. The largest absolute Gasteiger partial charge is 0.378 e. The second kappa shape index (κ2) is 11.7. The molecule has 11 heteroatoms. The third kappa shape index (κ3) is 6.28. The van der Waals surface area contributed by atoms with Crippen molar-refractivity contribution in [2.45, 2.75) is 44.5 Å². The molecule has 34 heavy (non-hydrogen) atoms. The molecule has 0 saturated carbocycles. The summed E-state index contributed by atoms with van der Waals surface area (Å²) in [7, 11) is 0.